The van der Waals surface area contributed by atoms with Crippen LogP contribution in [0, 0.1) is 35.5 Å². The maximum absolute atomic E-state index is 14.5. The number of carboxylic acid groups (broad SMARTS) is 1. The molecule has 0 spiro atoms. The van der Waals surface area contributed by atoms with Gasteiger partial charge in [-0.05, 0) is 109 Å². The van der Waals surface area contributed by atoms with Crippen LogP contribution in [0.2, 0.25) is 0 Å². The third kappa shape index (κ3) is 22.4. The Bertz CT molecular complexity index is 1880. The SMILES string of the molecule is C/C=C/C[C@@H](C)[C@@H](O)[C@@H](C(=O)O)N(C)C(=O)[C@H](C(C)C)N(C)C(=O)[C@H](CC(C)C)NC(=O)[C@H](CC(C)C)N(C)C(=O)[C@@H](C)NC(=O)[C@H](C)NC(=O)[C@H](CC(C)C)N(C)C(=O)[C@H](CC(C)C)NC(=O)OC(C)(C)C. The van der Waals surface area contributed by atoms with Gasteiger partial charge in [0.1, 0.15) is 47.9 Å². The van der Waals surface area contributed by atoms with E-state index in [0.717, 1.165) is 4.90 Å². The Morgan fingerprint density at radius 2 is 0.918 bits per heavy atom. The van der Waals surface area contributed by atoms with Gasteiger partial charge in [-0.25, -0.2) is 9.59 Å². The minimum atomic E-state index is -1.61. The molecule has 0 unspecified atom stereocenters. The summed E-state index contributed by atoms with van der Waals surface area (Å²) in [6, 6.07) is -9.50. The van der Waals surface area contributed by atoms with E-state index in [4.69, 9.17) is 4.74 Å². The number of aliphatic carboxylic acids is 1. The van der Waals surface area contributed by atoms with Crippen LogP contribution in [-0.4, -0.2) is 171 Å². The van der Waals surface area contributed by atoms with Crippen LogP contribution >= 0.6 is 0 Å². The van der Waals surface area contributed by atoms with Gasteiger partial charge in [-0.2, -0.15) is 0 Å². The van der Waals surface area contributed by atoms with Crippen molar-refractivity contribution >= 4 is 53.4 Å². The van der Waals surface area contributed by atoms with Gasteiger partial charge in [0.05, 0.1) is 6.10 Å². The number of nitrogens with zero attached hydrogens (tertiary/aromatic N) is 4. The van der Waals surface area contributed by atoms with Gasteiger partial charge in [0.2, 0.25) is 41.4 Å². The number of carbonyl (C=O) groups excluding carboxylic acids is 8. The lowest BCUT2D eigenvalue weighted by molar-refractivity contribution is -0.160. The maximum atomic E-state index is 14.5. The van der Waals surface area contributed by atoms with Gasteiger partial charge >= 0.3 is 12.1 Å². The fraction of sp³-hybridized carbons (Fsp3) is 0.792. The molecular formula is C53H96N8O12. The zero-order chi connectivity index (χ0) is 57.2. The average Bonchev–Trinajstić information content (AvgIpc) is 3.25. The molecule has 0 aromatic rings. The quantitative estimate of drug-likeness (QED) is 0.0563. The summed E-state index contributed by atoms with van der Waals surface area (Å²) in [5.41, 5.74) is -0.811. The van der Waals surface area contributed by atoms with Crippen LogP contribution in [0.5, 0.6) is 0 Å². The van der Waals surface area contributed by atoms with Gasteiger partial charge in [-0.1, -0.05) is 88.3 Å². The van der Waals surface area contributed by atoms with Gasteiger partial charge in [0.25, 0.3) is 0 Å². The largest absolute Gasteiger partial charge is 0.480 e. The highest BCUT2D eigenvalue weighted by Gasteiger charge is 2.43. The summed E-state index contributed by atoms with van der Waals surface area (Å²) < 4.78 is 5.40. The first-order chi connectivity index (χ1) is 33.4. The predicted molar refractivity (Wildman–Crippen MR) is 281 cm³/mol. The Hall–Kier alpha value is -5.27. The summed E-state index contributed by atoms with van der Waals surface area (Å²) in [6.45, 7) is 29.8. The molecule has 0 aliphatic rings. The first-order valence-electron chi connectivity index (χ1n) is 25.9. The molecule has 0 saturated carbocycles. The molecule has 20 heteroatoms. The van der Waals surface area contributed by atoms with E-state index >= 15 is 0 Å². The molecular weight excluding hydrogens is 941 g/mol. The van der Waals surface area contributed by atoms with Crippen LogP contribution < -0.4 is 21.3 Å². The van der Waals surface area contributed by atoms with Crippen molar-refractivity contribution in [1.29, 1.82) is 0 Å². The number of aliphatic hydroxyl groups is 1. The van der Waals surface area contributed by atoms with Crippen LogP contribution in [0.4, 0.5) is 4.79 Å². The Kier molecular flexibility index (Phi) is 28.6. The van der Waals surface area contributed by atoms with E-state index in [2.05, 4.69) is 21.3 Å². The van der Waals surface area contributed by atoms with E-state index in [-0.39, 0.29) is 49.4 Å². The molecule has 0 rings (SSSR count). The summed E-state index contributed by atoms with van der Waals surface area (Å²) in [5, 5.41) is 32.1. The molecule has 420 valence electrons. The second-order valence-corrected chi connectivity index (χ2v) is 22.8. The monoisotopic (exact) mass is 1040 g/mol. The van der Waals surface area contributed by atoms with E-state index in [1.165, 1.54) is 56.7 Å². The average molecular weight is 1040 g/mol. The summed E-state index contributed by atoms with van der Waals surface area (Å²) in [5.74, 6) is -7.25. The van der Waals surface area contributed by atoms with Gasteiger partial charge in [0.15, 0.2) is 6.04 Å². The lowest BCUT2D eigenvalue weighted by Crippen LogP contribution is -2.61. The van der Waals surface area contributed by atoms with E-state index < -0.39 is 125 Å². The molecule has 0 radical (unpaired) electrons. The molecule has 0 aliphatic carbocycles. The second kappa shape index (κ2) is 30.8. The Morgan fingerprint density at radius 3 is 1.33 bits per heavy atom. The molecule has 6 N–H and O–H groups in total. The normalized spacial score (nSPS) is 16.1. The molecule has 20 nitrogen and oxygen atoms in total. The molecule has 0 heterocycles. The fourth-order valence-corrected chi connectivity index (χ4v) is 8.48. The number of rotatable bonds is 29. The highest BCUT2D eigenvalue weighted by molar-refractivity contribution is 5.97. The van der Waals surface area contributed by atoms with Gasteiger partial charge in [0, 0.05) is 28.2 Å². The number of nitrogens with one attached hydrogen (secondary N) is 4. The highest BCUT2D eigenvalue weighted by atomic mass is 16.6. The first-order valence-corrected chi connectivity index (χ1v) is 25.9. The molecule has 10 atom stereocenters. The van der Waals surface area contributed by atoms with Gasteiger partial charge in [-0.3, -0.25) is 33.6 Å². The van der Waals surface area contributed by atoms with Crippen LogP contribution in [0.25, 0.3) is 0 Å². The van der Waals surface area contributed by atoms with Crippen LogP contribution in [0.1, 0.15) is 150 Å². The van der Waals surface area contributed by atoms with Gasteiger partial charge in [-0.15, -0.1) is 0 Å². The Labute approximate surface area is 436 Å². The minimum Gasteiger partial charge on any atom is -0.480 e. The summed E-state index contributed by atoms with van der Waals surface area (Å²) in [4.78, 5) is 128. The smallest absolute Gasteiger partial charge is 0.408 e. The van der Waals surface area contributed by atoms with E-state index in [0.29, 0.717) is 6.42 Å². The zero-order valence-electron chi connectivity index (χ0n) is 48.1. The number of hydrogen-bond donors (Lipinski definition) is 6. The number of carbonyl (C=O) groups is 9. The number of likely N-dealkylation sites (N-methyl/N-ethyl adjacent to an activating group) is 4. The molecule has 0 saturated heterocycles. The van der Waals surface area contributed by atoms with Crippen molar-refractivity contribution in [3.63, 3.8) is 0 Å². The third-order valence-corrected chi connectivity index (χ3v) is 12.4. The third-order valence-electron chi connectivity index (χ3n) is 12.4. The van der Waals surface area contributed by atoms with Crippen LogP contribution in [-0.2, 0) is 43.1 Å². The second-order valence-electron chi connectivity index (χ2n) is 22.8. The number of amides is 8. The van der Waals surface area contributed by atoms with Crippen molar-refractivity contribution in [1.82, 2.24) is 40.9 Å². The van der Waals surface area contributed by atoms with E-state index in [1.54, 1.807) is 60.6 Å². The van der Waals surface area contributed by atoms with Crippen LogP contribution in [0.3, 0.4) is 0 Å². The lowest BCUT2D eigenvalue weighted by Gasteiger charge is -2.39. The minimum absolute atomic E-state index is 0.00290. The lowest BCUT2D eigenvalue weighted by atomic mass is 9.92. The first kappa shape index (κ1) is 67.7. The number of alkyl carbamates (subject to hydrolysis) is 1. The zero-order valence-corrected chi connectivity index (χ0v) is 48.1. The van der Waals surface area contributed by atoms with Crippen molar-refractivity contribution in [2.45, 2.75) is 210 Å². The molecule has 0 bridgehead atoms. The molecule has 0 aromatic carbocycles. The van der Waals surface area contributed by atoms with Crippen LogP contribution in [0.15, 0.2) is 12.2 Å². The molecule has 0 aromatic heterocycles. The van der Waals surface area contributed by atoms with E-state index in [9.17, 15) is 53.4 Å². The Balaban J connectivity index is 6.50. The summed E-state index contributed by atoms with van der Waals surface area (Å²) in [6.07, 6.45) is 2.56. The van der Waals surface area contributed by atoms with Crippen molar-refractivity contribution in [2.24, 2.45) is 35.5 Å². The topological polar surface area (TPSA) is 264 Å². The van der Waals surface area contributed by atoms with Crippen molar-refractivity contribution in [3.05, 3.63) is 12.2 Å². The van der Waals surface area contributed by atoms with Crippen molar-refractivity contribution in [3.8, 4) is 0 Å². The number of ether oxygens (including phenoxy) is 1. The Morgan fingerprint density at radius 1 is 0.521 bits per heavy atom. The van der Waals surface area contributed by atoms with Crippen molar-refractivity contribution in [2.75, 3.05) is 28.2 Å². The predicted octanol–water partition coefficient (Wildman–Crippen LogP) is 4.57. The van der Waals surface area contributed by atoms with E-state index in [1.807, 2.05) is 55.4 Å². The number of aliphatic hydroxyl groups excluding tert-OH is 1. The number of carboxylic acids is 1. The maximum Gasteiger partial charge on any atom is 0.408 e. The number of hydrogen-bond acceptors (Lipinski definition) is 11. The van der Waals surface area contributed by atoms with Gasteiger partial charge < -0.3 is 55.8 Å². The summed E-state index contributed by atoms with van der Waals surface area (Å²) >= 11 is 0. The molecule has 8 amide bonds. The highest BCUT2D eigenvalue weighted by Crippen LogP contribution is 2.23. The summed E-state index contributed by atoms with van der Waals surface area (Å²) in [7, 11) is 5.57. The number of allylic oxidation sites excluding steroid dienone is 2. The molecule has 0 aliphatic heterocycles. The molecule has 73 heavy (non-hydrogen) atoms. The van der Waals surface area contributed by atoms with Crippen molar-refractivity contribution < 1.29 is 58.1 Å². The fourth-order valence-electron chi connectivity index (χ4n) is 8.48. The molecule has 0 fully saturated rings. The standard InChI is InChI=1S/C53H96N8O12/c1-22-23-24-34(12)43(62)42(51(70)71)61(21)50(69)41(33(10)11)60(20)49(68)37(25-29(2)3)56-46(65)40(28-32(8)9)58(18)47(66)36(14)55-44(63)35(13)54-45(64)39(27-31(6)7)59(19)48(67)38(26-30(4)5)57-52(72)73-53(15,16)17/h22-23,29-43,62H,24-28H2,1-21H3,(H,54,64)(H,55,63)(H,56,65)(H,57,72)(H,70,71)/b23-22+/t34-,35+,36-,37+,38+,39+,40+,41+,42+,43-/m1/s1.